The molecule has 0 spiro atoms. The number of benzene rings is 2. The van der Waals surface area contributed by atoms with Gasteiger partial charge >= 0.3 is 0 Å². The third kappa shape index (κ3) is 4.86. The quantitative estimate of drug-likeness (QED) is 0.419. The van der Waals surface area contributed by atoms with E-state index in [9.17, 15) is 9.18 Å². The van der Waals surface area contributed by atoms with Gasteiger partial charge in [0.2, 0.25) is 0 Å². The molecule has 1 amide bonds. The van der Waals surface area contributed by atoms with Crippen LogP contribution in [0.15, 0.2) is 77.5 Å². The normalized spacial score (nSPS) is 13.5. The Balaban J connectivity index is 1.44. The number of hydrogen-bond donors (Lipinski definition) is 1. The van der Waals surface area contributed by atoms with Gasteiger partial charge in [0.25, 0.3) is 5.91 Å². The summed E-state index contributed by atoms with van der Waals surface area (Å²) in [6.45, 7) is 2.60. The Morgan fingerprint density at radius 2 is 1.75 bits per heavy atom. The van der Waals surface area contributed by atoms with E-state index in [2.05, 4.69) is 15.4 Å². The maximum atomic E-state index is 14.3. The summed E-state index contributed by atoms with van der Waals surface area (Å²) in [5, 5.41) is 6.74. The van der Waals surface area contributed by atoms with E-state index in [1.54, 1.807) is 31.4 Å². The lowest BCUT2D eigenvalue weighted by Gasteiger charge is -2.37. The van der Waals surface area contributed by atoms with Crippen LogP contribution in [0.3, 0.4) is 0 Å². The Morgan fingerprint density at radius 3 is 2.50 bits per heavy atom. The standard InChI is InChI=1S/C27H26FN5O3/c1-35-25-9-5-2-6-20(25)23-11-10-21(27(34)29-18-19-12-17-36-31-19)26(30-23)33-15-13-32(14-16-33)24-8-4-3-7-22(24)28/h2-12,17H,13-16,18H2,1H3,(H,29,34). The Bertz CT molecular complexity index is 1340. The molecule has 0 atom stereocenters. The molecular weight excluding hydrogens is 461 g/mol. The summed E-state index contributed by atoms with van der Waals surface area (Å²) in [5.74, 6) is 0.770. The molecule has 184 valence electrons. The first-order valence-corrected chi connectivity index (χ1v) is 11.7. The van der Waals surface area contributed by atoms with E-state index < -0.39 is 0 Å². The Labute approximate surface area is 208 Å². The molecular formula is C27H26FN5O3. The molecule has 2 aromatic heterocycles. The predicted molar refractivity (Wildman–Crippen MR) is 135 cm³/mol. The number of carbonyl (C=O) groups excluding carboxylic acids is 1. The first-order valence-electron chi connectivity index (χ1n) is 11.7. The van der Waals surface area contributed by atoms with Crippen molar-refractivity contribution in [3.63, 3.8) is 0 Å². The number of anilines is 2. The van der Waals surface area contributed by atoms with Crippen LogP contribution >= 0.6 is 0 Å². The van der Waals surface area contributed by atoms with Crippen molar-refractivity contribution in [3.05, 3.63) is 90.1 Å². The van der Waals surface area contributed by atoms with Crippen molar-refractivity contribution in [2.75, 3.05) is 43.1 Å². The zero-order chi connectivity index (χ0) is 24.9. The highest BCUT2D eigenvalue weighted by Gasteiger charge is 2.25. The molecule has 5 rings (SSSR count). The molecule has 0 bridgehead atoms. The Hall–Kier alpha value is -4.40. The summed E-state index contributed by atoms with van der Waals surface area (Å²) < 4.78 is 24.7. The maximum absolute atomic E-state index is 14.3. The smallest absolute Gasteiger partial charge is 0.255 e. The predicted octanol–water partition coefficient (Wildman–Crippen LogP) is 4.14. The first-order chi connectivity index (χ1) is 17.6. The zero-order valence-corrected chi connectivity index (χ0v) is 19.9. The van der Waals surface area contributed by atoms with Crippen LogP contribution < -0.4 is 19.9 Å². The fraction of sp³-hybridized carbons (Fsp3) is 0.222. The van der Waals surface area contributed by atoms with Crippen LogP contribution in [0.25, 0.3) is 11.3 Å². The zero-order valence-electron chi connectivity index (χ0n) is 19.9. The van der Waals surface area contributed by atoms with Crippen LogP contribution in [0.1, 0.15) is 16.1 Å². The number of methoxy groups -OCH3 is 1. The monoisotopic (exact) mass is 487 g/mol. The number of hydrogen-bond acceptors (Lipinski definition) is 7. The largest absolute Gasteiger partial charge is 0.496 e. The molecule has 1 aliphatic rings. The van der Waals surface area contributed by atoms with Crippen molar-refractivity contribution >= 4 is 17.4 Å². The molecule has 9 heteroatoms. The van der Waals surface area contributed by atoms with Gasteiger partial charge in [-0.2, -0.15) is 0 Å². The van der Waals surface area contributed by atoms with Gasteiger partial charge in [-0.25, -0.2) is 9.37 Å². The van der Waals surface area contributed by atoms with E-state index in [0.717, 1.165) is 5.56 Å². The van der Waals surface area contributed by atoms with Crippen molar-refractivity contribution < 1.29 is 18.4 Å². The van der Waals surface area contributed by atoms with Gasteiger partial charge in [-0.3, -0.25) is 4.79 Å². The average molecular weight is 488 g/mol. The number of amides is 1. The van der Waals surface area contributed by atoms with Crippen LogP contribution in [-0.4, -0.2) is 49.3 Å². The maximum Gasteiger partial charge on any atom is 0.255 e. The van der Waals surface area contributed by atoms with Crippen molar-refractivity contribution in [3.8, 4) is 17.0 Å². The second-order valence-corrected chi connectivity index (χ2v) is 8.37. The molecule has 0 saturated carbocycles. The molecule has 1 N–H and O–H groups in total. The minimum Gasteiger partial charge on any atom is -0.496 e. The minimum absolute atomic E-state index is 0.240. The molecule has 8 nitrogen and oxygen atoms in total. The van der Waals surface area contributed by atoms with E-state index in [0.29, 0.717) is 60.4 Å². The second-order valence-electron chi connectivity index (χ2n) is 8.37. The van der Waals surface area contributed by atoms with Crippen LogP contribution in [0.2, 0.25) is 0 Å². The highest BCUT2D eigenvalue weighted by Crippen LogP contribution is 2.32. The molecule has 0 radical (unpaired) electrons. The van der Waals surface area contributed by atoms with E-state index in [1.807, 2.05) is 41.3 Å². The van der Waals surface area contributed by atoms with Gasteiger partial charge in [0.15, 0.2) is 0 Å². The second kappa shape index (κ2) is 10.5. The number of rotatable bonds is 7. The number of nitrogens with zero attached hydrogens (tertiary/aromatic N) is 4. The van der Waals surface area contributed by atoms with Gasteiger partial charge in [-0.05, 0) is 36.4 Å². The van der Waals surface area contributed by atoms with Crippen molar-refractivity contribution in [2.45, 2.75) is 6.54 Å². The number of ether oxygens (including phenoxy) is 1. The highest BCUT2D eigenvalue weighted by molar-refractivity contribution is 5.99. The molecule has 1 fully saturated rings. The lowest BCUT2D eigenvalue weighted by Crippen LogP contribution is -2.47. The number of para-hydroxylation sites is 2. The van der Waals surface area contributed by atoms with Crippen LogP contribution in [0.5, 0.6) is 5.75 Å². The number of halogens is 1. The molecule has 3 heterocycles. The van der Waals surface area contributed by atoms with Gasteiger partial charge in [0.1, 0.15) is 29.3 Å². The fourth-order valence-corrected chi connectivity index (χ4v) is 4.34. The average Bonchev–Trinajstić information content (AvgIpc) is 3.46. The molecule has 0 aliphatic carbocycles. The molecule has 2 aromatic carbocycles. The Morgan fingerprint density at radius 1 is 1.00 bits per heavy atom. The van der Waals surface area contributed by atoms with Crippen molar-refractivity contribution in [2.24, 2.45) is 0 Å². The van der Waals surface area contributed by atoms with Crippen LogP contribution in [0.4, 0.5) is 15.9 Å². The number of pyridine rings is 1. The fourth-order valence-electron chi connectivity index (χ4n) is 4.34. The molecule has 0 unspecified atom stereocenters. The van der Waals surface area contributed by atoms with E-state index in [1.165, 1.54) is 12.3 Å². The van der Waals surface area contributed by atoms with E-state index in [-0.39, 0.29) is 18.3 Å². The summed E-state index contributed by atoms with van der Waals surface area (Å²) in [5.41, 5.74) is 3.20. The number of nitrogens with one attached hydrogen (secondary N) is 1. The van der Waals surface area contributed by atoms with E-state index >= 15 is 0 Å². The topological polar surface area (TPSA) is 83.7 Å². The van der Waals surface area contributed by atoms with E-state index in [4.69, 9.17) is 14.2 Å². The number of piperazine rings is 1. The summed E-state index contributed by atoms with van der Waals surface area (Å²) in [7, 11) is 1.62. The van der Waals surface area contributed by atoms with Gasteiger partial charge in [-0.1, -0.05) is 29.4 Å². The summed E-state index contributed by atoms with van der Waals surface area (Å²) in [6, 6.07) is 19.7. The Kier molecular flexibility index (Phi) is 6.79. The molecule has 1 saturated heterocycles. The summed E-state index contributed by atoms with van der Waals surface area (Å²) in [6.07, 6.45) is 1.46. The van der Waals surface area contributed by atoms with Gasteiger partial charge < -0.3 is 24.4 Å². The third-order valence-electron chi connectivity index (χ3n) is 6.20. The minimum atomic E-state index is -0.261. The summed E-state index contributed by atoms with van der Waals surface area (Å²) in [4.78, 5) is 22.2. The lowest BCUT2D eigenvalue weighted by atomic mass is 10.1. The van der Waals surface area contributed by atoms with Crippen molar-refractivity contribution in [1.82, 2.24) is 15.5 Å². The molecule has 4 aromatic rings. The lowest BCUT2D eigenvalue weighted by molar-refractivity contribution is 0.0950. The first kappa shape index (κ1) is 23.3. The third-order valence-corrected chi connectivity index (χ3v) is 6.20. The highest BCUT2D eigenvalue weighted by atomic mass is 19.1. The van der Waals surface area contributed by atoms with Crippen LogP contribution in [0, 0.1) is 5.82 Å². The number of carbonyl (C=O) groups is 1. The SMILES string of the molecule is COc1ccccc1-c1ccc(C(=O)NCc2ccon2)c(N2CCN(c3ccccc3F)CC2)n1. The van der Waals surface area contributed by atoms with Gasteiger partial charge in [-0.15, -0.1) is 0 Å². The molecule has 1 aliphatic heterocycles. The number of aromatic nitrogens is 2. The molecule has 36 heavy (non-hydrogen) atoms. The van der Waals surface area contributed by atoms with Gasteiger partial charge in [0, 0.05) is 37.8 Å². The summed E-state index contributed by atoms with van der Waals surface area (Å²) >= 11 is 0. The van der Waals surface area contributed by atoms with Gasteiger partial charge in [0.05, 0.1) is 30.6 Å². The van der Waals surface area contributed by atoms with Crippen molar-refractivity contribution in [1.29, 1.82) is 0 Å². The van der Waals surface area contributed by atoms with Crippen LogP contribution in [-0.2, 0) is 6.54 Å².